The summed E-state index contributed by atoms with van der Waals surface area (Å²) in [7, 11) is 0. The summed E-state index contributed by atoms with van der Waals surface area (Å²) in [6.07, 6.45) is 4.36. The highest BCUT2D eigenvalue weighted by molar-refractivity contribution is 5.92. The lowest BCUT2D eigenvalue weighted by Crippen LogP contribution is -2.32. The van der Waals surface area contributed by atoms with Crippen molar-refractivity contribution in [3.63, 3.8) is 0 Å². The number of nitrogens with zero attached hydrogens (tertiary/aromatic N) is 2. The summed E-state index contributed by atoms with van der Waals surface area (Å²) in [5.41, 5.74) is 1.76. The number of fused-ring (bicyclic) bond motifs is 1. The molecule has 1 amide bonds. The molecule has 2 heterocycles. The van der Waals surface area contributed by atoms with Gasteiger partial charge in [0.15, 0.2) is 0 Å². The van der Waals surface area contributed by atoms with Gasteiger partial charge in [-0.2, -0.15) is 5.10 Å². The monoisotopic (exact) mass is 221 g/mol. The van der Waals surface area contributed by atoms with Gasteiger partial charge in [-0.05, 0) is 38.7 Å². The summed E-state index contributed by atoms with van der Waals surface area (Å²) >= 11 is 0. The minimum Gasteiger partial charge on any atom is -0.348 e. The van der Waals surface area contributed by atoms with E-state index in [-0.39, 0.29) is 11.9 Å². The second-order valence-corrected chi connectivity index (χ2v) is 4.48. The first kappa shape index (κ1) is 11.2. The molecule has 1 aliphatic heterocycles. The Labute approximate surface area is 96.0 Å². The second-order valence-electron chi connectivity index (χ2n) is 4.48. The molecule has 1 aromatic rings. The van der Waals surface area contributed by atoms with Crippen molar-refractivity contribution in [2.24, 2.45) is 0 Å². The van der Waals surface area contributed by atoms with Crippen LogP contribution < -0.4 is 5.32 Å². The third-order valence-electron chi connectivity index (χ3n) is 3.14. The maximum atomic E-state index is 11.8. The van der Waals surface area contributed by atoms with Gasteiger partial charge in [0.25, 0.3) is 5.91 Å². The van der Waals surface area contributed by atoms with Gasteiger partial charge < -0.3 is 5.32 Å². The smallest absolute Gasteiger partial charge is 0.271 e. The van der Waals surface area contributed by atoms with Gasteiger partial charge in [0, 0.05) is 18.3 Å². The predicted octanol–water partition coefficient (Wildman–Crippen LogP) is 1.75. The van der Waals surface area contributed by atoms with E-state index in [0.717, 1.165) is 19.4 Å². The maximum absolute atomic E-state index is 11.8. The topological polar surface area (TPSA) is 46.9 Å². The molecule has 16 heavy (non-hydrogen) atoms. The molecule has 2 rings (SSSR count). The Morgan fingerprint density at radius 1 is 1.62 bits per heavy atom. The van der Waals surface area contributed by atoms with Crippen molar-refractivity contribution < 1.29 is 4.79 Å². The summed E-state index contributed by atoms with van der Waals surface area (Å²) in [5, 5.41) is 7.28. The van der Waals surface area contributed by atoms with Crippen LogP contribution in [0.15, 0.2) is 6.07 Å². The zero-order valence-corrected chi connectivity index (χ0v) is 9.99. The highest BCUT2D eigenvalue weighted by Crippen LogP contribution is 2.15. The molecule has 0 fully saturated rings. The molecule has 4 nitrogen and oxygen atoms in total. The molecular formula is C12H19N3O. The van der Waals surface area contributed by atoms with E-state index < -0.39 is 0 Å². The first-order chi connectivity index (χ1) is 7.70. The molecule has 4 heteroatoms. The van der Waals surface area contributed by atoms with E-state index in [1.807, 2.05) is 17.7 Å². The zero-order valence-electron chi connectivity index (χ0n) is 9.99. The fourth-order valence-corrected chi connectivity index (χ4v) is 1.93. The zero-order chi connectivity index (χ0) is 11.5. The molecule has 0 aromatic carbocycles. The Hall–Kier alpha value is -1.32. The number of rotatable bonds is 3. The minimum absolute atomic E-state index is 0.0451. The van der Waals surface area contributed by atoms with E-state index in [9.17, 15) is 4.79 Å². The SMILES string of the molecule is CCC(C)NC(=O)c1cc2n(n1)CCCC2. The Kier molecular flexibility index (Phi) is 3.27. The summed E-state index contributed by atoms with van der Waals surface area (Å²) in [6, 6.07) is 2.14. The van der Waals surface area contributed by atoms with Crippen molar-refractivity contribution in [3.05, 3.63) is 17.5 Å². The lowest BCUT2D eigenvalue weighted by molar-refractivity contribution is 0.0933. The third kappa shape index (κ3) is 2.26. The molecule has 1 aliphatic rings. The van der Waals surface area contributed by atoms with Crippen LogP contribution in [0.25, 0.3) is 0 Å². The van der Waals surface area contributed by atoms with Gasteiger partial charge in [0.2, 0.25) is 0 Å². The van der Waals surface area contributed by atoms with Gasteiger partial charge in [-0.25, -0.2) is 0 Å². The molecule has 1 unspecified atom stereocenters. The molecule has 0 bridgehead atoms. The fourth-order valence-electron chi connectivity index (χ4n) is 1.93. The van der Waals surface area contributed by atoms with Crippen molar-refractivity contribution in [2.45, 2.75) is 52.1 Å². The largest absolute Gasteiger partial charge is 0.348 e. The minimum atomic E-state index is -0.0451. The molecular weight excluding hydrogens is 202 g/mol. The summed E-state index contributed by atoms with van der Waals surface area (Å²) in [4.78, 5) is 11.8. The molecule has 0 saturated heterocycles. The van der Waals surface area contributed by atoms with Crippen LogP contribution >= 0.6 is 0 Å². The summed E-state index contributed by atoms with van der Waals surface area (Å²) in [5.74, 6) is -0.0451. The molecule has 1 N–H and O–H groups in total. The molecule has 0 aliphatic carbocycles. The molecule has 0 radical (unpaired) electrons. The lowest BCUT2D eigenvalue weighted by Gasteiger charge is -2.11. The van der Waals surface area contributed by atoms with E-state index in [1.54, 1.807) is 0 Å². The first-order valence-corrected chi connectivity index (χ1v) is 6.08. The average Bonchev–Trinajstić information content (AvgIpc) is 2.72. The third-order valence-corrected chi connectivity index (χ3v) is 3.14. The van der Waals surface area contributed by atoms with E-state index >= 15 is 0 Å². The first-order valence-electron chi connectivity index (χ1n) is 6.08. The fraction of sp³-hybridized carbons (Fsp3) is 0.667. The van der Waals surface area contributed by atoms with Gasteiger partial charge in [0.1, 0.15) is 5.69 Å². The number of nitrogens with one attached hydrogen (secondary N) is 1. The van der Waals surface area contributed by atoms with Crippen LogP contribution in [-0.2, 0) is 13.0 Å². The van der Waals surface area contributed by atoms with E-state index in [4.69, 9.17) is 0 Å². The van der Waals surface area contributed by atoms with Gasteiger partial charge in [-0.1, -0.05) is 6.92 Å². The standard InChI is InChI=1S/C12H19N3O/c1-3-9(2)13-12(16)11-8-10-6-4-5-7-15(10)14-11/h8-9H,3-7H2,1-2H3,(H,13,16). The molecule has 0 saturated carbocycles. The Balaban J connectivity index is 2.09. The number of hydrogen-bond acceptors (Lipinski definition) is 2. The molecule has 1 atom stereocenters. The van der Waals surface area contributed by atoms with Crippen LogP contribution in [0, 0.1) is 0 Å². The van der Waals surface area contributed by atoms with Crippen LogP contribution in [-0.4, -0.2) is 21.7 Å². The maximum Gasteiger partial charge on any atom is 0.271 e. The van der Waals surface area contributed by atoms with E-state index in [1.165, 1.54) is 18.5 Å². The van der Waals surface area contributed by atoms with E-state index in [2.05, 4.69) is 17.3 Å². The highest BCUT2D eigenvalue weighted by atomic mass is 16.2. The number of aryl methyl sites for hydroxylation is 2. The lowest BCUT2D eigenvalue weighted by atomic mass is 10.1. The van der Waals surface area contributed by atoms with Crippen LogP contribution in [0.5, 0.6) is 0 Å². The second kappa shape index (κ2) is 4.68. The number of carbonyl (C=O) groups excluding carboxylic acids is 1. The Morgan fingerprint density at radius 3 is 3.12 bits per heavy atom. The van der Waals surface area contributed by atoms with Crippen LogP contribution in [0.4, 0.5) is 0 Å². The molecule has 0 spiro atoms. The summed E-state index contributed by atoms with van der Waals surface area (Å²) in [6.45, 7) is 5.02. The summed E-state index contributed by atoms with van der Waals surface area (Å²) < 4.78 is 1.97. The van der Waals surface area contributed by atoms with Crippen molar-refractivity contribution >= 4 is 5.91 Å². The normalized spacial score (nSPS) is 16.6. The van der Waals surface area contributed by atoms with Gasteiger partial charge >= 0.3 is 0 Å². The average molecular weight is 221 g/mol. The van der Waals surface area contributed by atoms with Crippen LogP contribution in [0.2, 0.25) is 0 Å². The van der Waals surface area contributed by atoms with Crippen molar-refractivity contribution in [3.8, 4) is 0 Å². The van der Waals surface area contributed by atoms with Crippen molar-refractivity contribution in [1.82, 2.24) is 15.1 Å². The number of aromatic nitrogens is 2. The van der Waals surface area contributed by atoms with Crippen LogP contribution in [0.1, 0.15) is 49.3 Å². The van der Waals surface area contributed by atoms with Crippen molar-refractivity contribution in [2.75, 3.05) is 0 Å². The number of carbonyl (C=O) groups is 1. The van der Waals surface area contributed by atoms with Crippen molar-refractivity contribution in [1.29, 1.82) is 0 Å². The van der Waals surface area contributed by atoms with Gasteiger partial charge in [-0.15, -0.1) is 0 Å². The number of amides is 1. The van der Waals surface area contributed by atoms with E-state index in [0.29, 0.717) is 5.69 Å². The highest BCUT2D eigenvalue weighted by Gasteiger charge is 2.17. The molecule has 1 aromatic heterocycles. The van der Waals surface area contributed by atoms with Gasteiger partial charge in [0.05, 0.1) is 0 Å². The Morgan fingerprint density at radius 2 is 2.44 bits per heavy atom. The quantitative estimate of drug-likeness (QED) is 0.845. The number of hydrogen-bond donors (Lipinski definition) is 1. The van der Waals surface area contributed by atoms with Crippen LogP contribution in [0.3, 0.4) is 0 Å². The van der Waals surface area contributed by atoms with Gasteiger partial charge in [-0.3, -0.25) is 9.48 Å². The Bertz CT molecular complexity index is 360. The predicted molar refractivity (Wildman–Crippen MR) is 62.4 cm³/mol. The molecule has 88 valence electrons.